The number of hydrogen-bond acceptors (Lipinski definition) is 4. The van der Waals surface area contributed by atoms with Gasteiger partial charge in [-0.1, -0.05) is 48.0 Å². The summed E-state index contributed by atoms with van der Waals surface area (Å²) in [5.74, 6) is -0.147. The maximum absolute atomic E-state index is 12.8. The van der Waals surface area contributed by atoms with Gasteiger partial charge in [0.1, 0.15) is 0 Å². The van der Waals surface area contributed by atoms with E-state index >= 15 is 0 Å². The Bertz CT molecular complexity index is 834. The first-order chi connectivity index (χ1) is 13.1. The quantitative estimate of drug-likeness (QED) is 0.761. The summed E-state index contributed by atoms with van der Waals surface area (Å²) in [6, 6.07) is 17.2. The summed E-state index contributed by atoms with van der Waals surface area (Å²) in [6.07, 6.45) is 0.281. The molecule has 2 aliphatic heterocycles. The minimum Gasteiger partial charge on any atom is -0.369 e. The lowest BCUT2D eigenvalue weighted by Gasteiger charge is -2.38. The van der Waals surface area contributed by atoms with E-state index in [1.165, 1.54) is 4.90 Å². The normalized spacial score (nSPS) is 21.1. The van der Waals surface area contributed by atoms with Crippen LogP contribution in [-0.4, -0.2) is 53.8 Å². The zero-order valence-electron chi connectivity index (χ0n) is 15.1. The molecule has 2 saturated heterocycles. The summed E-state index contributed by atoms with van der Waals surface area (Å²) >= 11 is 6.09. The fourth-order valence-electron chi connectivity index (χ4n) is 3.85. The molecule has 4 rings (SSSR count). The van der Waals surface area contributed by atoms with E-state index in [0.29, 0.717) is 6.54 Å². The molecule has 0 radical (unpaired) electrons. The molecule has 6 heteroatoms. The van der Waals surface area contributed by atoms with Gasteiger partial charge in [-0.15, -0.1) is 0 Å². The third-order valence-electron chi connectivity index (χ3n) is 5.33. The Labute approximate surface area is 164 Å². The zero-order chi connectivity index (χ0) is 18.8. The average Bonchev–Trinajstić information content (AvgIpc) is 2.97. The maximum atomic E-state index is 12.8. The Kier molecular flexibility index (Phi) is 5.14. The van der Waals surface area contributed by atoms with Gasteiger partial charge in [0.2, 0.25) is 11.8 Å². The smallest absolute Gasteiger partial charge is 0.247 e. The van der Waals surface area contributed by atoms with E-state index in [1.54, 1.807) is 0 Å². The molecule has 27 heavy (non-hydrogen) atoms. The second-order valence-electron chi connectivity index (χ2n) is 7.03. The van der Waals surface area contributed by atoms with Crippen LogP contribution in [-0.2, 0) is 16.1 Å². The number of benzene rings is 2. The first kappa shape index (κ1) is 18.0. The third kappa shape index (κ3) is 3.84. The highest BCUT2D eigenvalue weighted by Crippen LogP contribution is 2.25. The number of anilines is 1. The van der Waals surface area contributed by atoms with Crippen LogP contribution < -0.4 is 4.90 Å². The average molecular weight is 384 g/mol. The van der Waals surface area contributed by atoms with Crippen LogP contribution in [0.15, 0.2) is 54.6 Å². The van der Waals surface area contributed by atoms with Crippen molar-refractivity contribution >= 4 is 29.1 Å². The lowest BCUT2D eigenvalue weighted by molar-refractivity contribution is -0.140. The zero-order valence-corrected chi connectivity index (χ0v) is 15.8. The Hall–Kier alpha value is -2.37. The number of amides is 2. The molecule has 2 aliphatic rings. The van der Waals surface area contributed by atoms with E-state index < -0.39 is 0 Å². The first-order valence-electron chi connectivity index (χ1n) is 9.24. The molecular weight excluding hydrogens is 362 g/mol. The Morgan fingerprint density at radius 1 is 0.926 bits per heavy atom. The van der Waals surface area contributed by atoms with Crippen molar-refractivity contribution in [3.63, 3.8) is 0 Å². The summed E-state index contributed by atoms with van der Waals surface area (Å²) in [7, 11) is 0. The van der Waals surface area contributed by atoms with Crippen LogP contribution in [0.4, 0.5) is 5.69 Å². The molecule has 2 heterocycles. The highest BCUT2D eigenvalue weighted by molar-refractivity contribution is 6.30. The van der Waals surface area contributed by atoms with Crippen LogP contribution in [0.5, 0.6) is 0 Å². The van der Waals surface area contributed by atoms with E-state index in [0.717, 1.165) is 42.5 Å². The summed E-state index contributed by atoms with van der Waals surface area (Å²) in [6.45, 7) is 3.51. The number of carbonyl (C=O) groups is 2. The molecule has 2 fully saturated rings. The van der Waals surface area contributed by atoms with Crippen molar-refractivity contribution in [2.24, 2.45) is 0 Å². The van der Waals surface area contributed by atoms with Gasteiger partial charge in [-0.3, -0.25) is 19.4 Å². The van der Waals surface area contributed by atoms with E-state index in [9.17, 15) is 9.59 Å². The van der Waals surface area contributed by atoms with E-state index in [1.807, 2.05) is 54.6 Å². The number of likely N-dealkylation sites (tertiary alicyclic amines) is 1. The number of hydrogen-bond donors (Lipinski definition) is 0. The topological polar surface area (TPSA) is 43.9 Å². The predicted molar refractivity (Wildman–Crippen MR) is 106 cm³/mol. The monoisotopic (exact) mass is 383 g/mol. The molecule has 2 aromatic rings. The highest BCUT2D eigenvalue weighted by Gasteiger charge is 2.42. The molecule has 0 aliphatic carbocycles. The van der Waals surface area contributed by atoms with Crippen LogP contribution in [0, 0.1) is 0 Å². The summed E-state index contributed by atoms with van der Waals surface area (Å²) in [5, 5.41) is 0.725. The molecule has 1 atom stereocenters. The van der Waals surface area contributed by atoms with Crippen molar-refractivity contribution < 1.29 is 9.59 Å². The van der Waals surface area contributed by atoms with Crippen molar-refractivity contribution in [3.8, 4) is 0 Å². The number of imide groups is 1. The third-order valence-corrected chi connectivity index (χ3v) is 5.57. The van der Waals surface area contributed by atoms with Gasteiger partial charge >= 0.3 is 0 Å². The minimum atomic E-state index is -0.331. The van der Waals surface area contributed by atoms with Crippen LogP contribution in [0.2, 0.25) is 5.02 Å². The molecule has 0 aromatic heterocycles. The van der Waals surface area contributed by atoms with Gasteiger partial charge in [0.15, 0.2) is 0 Å². The van der Waals surface area contributed by atoms with Gasteiger partial charge in [0, 0.05) is 36.9 Å². The molecule has 0 saturated carbocycles. The Balaban J connectivity index is 1.38. The highest BCUT2D eigenvalue weighted by atomic mass is 35.5. The minimum absolute atomic E-state index is 0.0694. The standard InChI is InChI=1S/C21H22ClN3O2/c22-17-7-4-8-18(13-17)23-9-11-24(12-10-23)19-14-20(26)25(21(19)27)15-16-5-2-1-3-6-16/h1-8,13,19H,9-12,14-15H2/t19-/m1/s1. The summed E-state index contributed by atoms with van der Waals surface area (Å²) < 4.78 is 0. The van der Waals surface area contributed by atoms with Gasteiger partial charge in [-0.2, -0.15) is 0 Å². The summed E-state index contributed by atoms with van der Waals surface area (Å²) in [4.78, 5) is 31.1. The molecule has 5 nitrogen and oxygen atoms in total. The molecule has 0 spiro atoms. The SMILES string of the molecule is O=C1C[C@@H](N2CCN(c3cccc(Cl)c3)CC2)C(=O)N1Cc1ccccc1. The molecule has 0 bridgehead atoms. The van der Waals surface area contributed by atoms with Crippen molar-refractivity contribution in [1.29, 1.82) is 0 Å². The number of rotatable bonds is 4. The number of piperazine rings is 1. The number of nitrogens with zero attached hydrogens (tertiary/aromatic N) is 3. The second-order valence-corrected chi connectivity index (χ2v) is 7.46. The lowest BCUT2D eigenvalue weighted by atomic mass is 10.1. The fraction of sp³-hybridized carbons (Fsp3) is 0.333. The maximum Gasteiger partial charge on any atom is 0.247 e. The van der Waals surface area contributed by atoms with Crippen LogP contribution in [0.25, 0.3) is 0 Å². The van der Waals surface area contributed by atoms with E-state index in [4.69, 9.17) is 11.6 Å². The van der Waals surface area contributed by atoms with Crippen molar-refractivity contribution in [3.05, 3.63) is 65.2 Å². The first-order valence-corrected chi connectivity index (χ1v) is 9.62. The van der Waals surface area contributed by atoms with Crippen LogP contribution in [0.3, 0.4) is 0 Å². The van der Waals surface area contributed by atoms with Gasteiger partial charge in [-0.05, 0) is 23.8 Å². The Morgan fingerprint density at radius 2 is 1.67 bits per heavy atom. The van der Waals surface area contributed by atoms with Gasteiger partial charge in [0.05, 0.1) is 19.0 Å². The largest absolute Gasteiger partial charge is 0.369 e. The van der Waals surface area contributed by atoms with E-state index in [-0.39, 0.29) is 24.3 Å². The Morgan fingerprint density at radius 3 is 2.37 bits per heavy atom. The summed E-state index contributed by atoms with van der Waals surface area (Å²) in [5.41, 5.74) is 2.08. The molecule has 2 amide bonds. The molecular formula is C21H22ClN3O2. The molecule has 140 valence electrons. The molecule has 2 aromatic carbocycles. The van der Waals surface area contributed by atoms with Crippen LogP contribution >= 0.6 is 11.6 Å². The van der Waals surface area contributed by atoms with Gasteiger partial charge in [-0.25, -0.2) is 0 Å². The second kappa shape index (κ2) is 7.71. The van der Waals surface area contributed by atoms with Gasteiger partial charge in [0.25, 0.3) is 0 Å². The molecule has 0 N–H and O–H groups in total. The van der Waals surface area contributed by atoms with E-state index in [2.05, 4.69) is 9.80 Å². The van der Waals surface area contributed by atoms with Crippen LogP contribution in [0.1, 0.15) is 12.0 Å². The van der Waals surface area contributed by atoms with Crippen molar-refractivity contribution in [1.82, 2.24) is 9.80 Å². The number of carbonyl (C=O) groups excluding carboxylic acids is 2. The van der Waals surface area contributed by atoms with Crippen molar-refractivity contribution in [2.75, 3.05) is 31.1 Å². The predicted octanol–water partition coefficient (Wildman–Crippen LogP) is 2.79. The van der Waals surface area contributed by atoms with Gasteiger partial charge < -0.3 is 4.90 Å². The molecule has 0 unspecified atom stereocenters. The van der Waals surface area contributed by atoms with Crippen molar-refractivity contribution in [2.45, 2.75) is 19.0 Å². The fourth-order valence-corrected chi connectivity index (χ4v) is 4.03. The lowest BCUT2D eigenvalue weighted by Crippen LogP contribution is -2.52. The number of halogens is 1.